The van der Waals surface area contributed by atoms with Gasteiger partial charge in [0.1, 0.15) is 6.61 Å². The van der Waals surface area contributed by atoms with Gasteiger partial charge in [0, 0.05) is 12.2 Å². The molecule has 1 aromatic rings. The fraction of sp³-hybridized carbons (Fsp3) is 0.467. The monoisotopic (exact) mass is 248 g/mol. The summed E-state index contributed by atoms with van der Waals surface area (Å²) < 4.78 is 10.9. The van der Waals surface area contributed by atoms with Crippen molar-refractivity contribution in [2.45, 2.75) is 20.0 Å². The van der Waals surface area contributed by atoms with Gasteiger partial charge in [-0.25, -0.2) is 0 Å². The highest BCUT2D eigenvalue weighted by molar-refractivity contribution is 5.40. The summed E-state index contributed by atoms with van der Waals surface area (Å²) in [6.07, 6.45) is 1.03. The topological polar surface area (TPSA) is 38.7 Å². The lowest BCUT2D eigenvalue weighted by molar-refractivity contribution is 0.0408. The second-order valence-corrected chi connectivity index (χ2v) is 3.78. The highest BCUT2D eigenvalue weighted by Gasteiger charge is 1.99. The van der Waals surface area contributed by atoms with E-state index >= 15 is 0 Å². The van der Waals surface area contributed by atoms with E-state index in [1.54, 1.807) is 0 Å². The first-order valence-electron chi connectivity index (χ1n) is 6.21. The summed E-state index contributed by atoms with van der Waals surface area (Å²) in [5.41, 5.74) is 1.94. The molecule has 0 saturated heterocycles. The van der Waals surface area contributed by atoms with Crippen molar-refractivity contribution in [1.82, 2.24) is 0 Å². The molecule has 0 aliphatic carbocycles. The van der Waals surface area contributed by atoms with Crippen LogP contribution in [0.15, 0.2) is 24.3 Å². The van der Waals surface area contributed by atoms with Crippen LogP contribution in [-0.4, -0.2) is 31.5 Å². The largest absolute Gasteiger partial charge is 0.384 e. The Morgan fingerprint density at radius 1 is 1.11 bits per heavy atom. The van der Waals surface area contributed by atoms with Crippen LogP contribution in [0.4, 0.5) is 0 Å². The van der Waals surface area contributed by atoms with Crippen LogP contribution in [0, 0.1) is 11.8 Å². The maximum absolute atomic E-state index is 8.69. The summed E-state index contributed by atoms with van der Waals surface area (Å²) in [5.74, 6) is 5.56. The number of hydrogen-bond acceptors (Lipinski definition) is 3. The van der Waals surface area contributed by atoms with Gasteiger partial charge in [0.05, 0.1) is 19.8 Å². The van der Waals surface area contributed by atoms with Crippen molar-refractivity contribution in [3.8, 4) is 11.8 Å². The molecule has 98 valence electrons. The molecule has 0 aromatic heterocycles. The molecule has 0 heterocycles. The zero-order chi connectivity index (χ0) is 13.1. The number of rotatable bonds is 7. The summed E-state index contributed by atoms with van der Waals surface area (Å²) in [6, 6.07) is 7.79. The van der Waals surface area contributed by atoms with Crippen molar-refractivity contribution in [3.05, 3.63) is 35.4 Å². The lowest BCUT2D eigenvalue weighted by Crippen LogP contribution is -2.05. The van der Waals surface area contributed by atoms with E-state index in [0.717, 1.165) is 24.2 Å². The molecule has 0 atom stereocenters. The number of ether oxygens (including phenoxy) is 2. The Balaban J connectivity index is 2.37. The fourth-order valence-corrected chi connectivity index (χ4v) is 1.45. The van der Waals surface area contributed by atoms with Crippen molar-refractivity contribution in [2.75, 3.05) is 26.4 Å². The lowest BCUT2D eigenvalue weighted by atomic mass is 10.1. The zero-order valence-corrected chi connectivity index (χ0v) is 10.8. The van der Waals surface area contributed by atoms with E-state index < -0.39 is 0 Å². The Labute approximate surface area is 109 Å². The summed E-state index contributed by atoms with van der Waals surface area (Å²) in [4.78, 5) is 0. The molecule has 3 nitrogen and oxygen atoms in total. The van der Waals surface area contributed by atoms with Gasteiger partial charge < -0.3 is 14.6 Å². The quantitative estimate of drug-likeness (QED) is 0.592. The first-order chi connectivity index (χ1) is 8.88. The first-order valence-corrected chi connectivity index (χ1v) is 6.21. The molecule has 1 rings (SSSR count). The SMILES string of the molecule is CCCOCCOCc1ccccc1C#CCO. The average Bonchev–Trinajstić information content (AvgIpc) is 2.41. The van der Waals surface area contributed by atoms with E-state index in [9.17, 15) is 0 Å². The number of hydrogen-bond donors (Lipinski definition) is 1. The van der Waals surface area contributed by atoms with Gasteiger partial charge in [-0.2, -0.15) is 0 Å². The molecule has 0 aliphatic rings. The molecule has 3 heteroatoms. The van der Waals surface area contributed by atoms with Gasteiger partial charge in [-0.15, -0.1) is 0 Å². The third-order valence-corrected chi connectivity index (χ3v) is 2.30. The van der Waals surface area contributed by atoms with Gasteiger partial charge in [-0.05, 0) is 18.1 Å². The van der Waals surface area contributed by atoms with Crippen molar-refractivity contribution in [2.24, 2.45) is 0 Å². The van der Waals surface area contributed by atoms with E-state index in [4.69, 9.17) is 14.6 Å². The van der Waals surface area contributed by atoms with E-state index in [-0.39, 0.29) is 6.61 Å². The standard InChI is InChI=1S/C15H20O3/c1-2-10-17-11-12-18-13-15-7-4-3-6-14(15)8-5-9-16/h3-4,6-7,16H,2,9-13H2,1H3. The Morgan fingerprint density at radius 3 is 2.67 bits per heavy atom. The number of aliphatic hydroxyl groups is 1. The predicted octanol–water partition coefficient (Wildman–Crippen LogP) is 1.97. The Kier molecular flexibility index (Phi) is 7.90. The molecule has 1 aromatic carbocycles. The minimum Gasteiger partial charge on any atom is -0.384 e. The molecule has 0 bridgehead atoms. The zero-order valence-electron chi connectivity index (χ0n) is 10.8. The molecule has 0 radical (unpaired) electrons. The third kappa shape index (κ3) is 5.83. The van der Waals surface area contributed by atoms with E-state index in [0.29, 0.717) is 19.8 Å². The van der Waals surface area contributed by atoms with E-state index in [2.05, 4.69) is 18.8 Å². The van der Waals surface area contributed by atoms with Crippen LogP contribution >= 0.6 is 0 Å². The first kappa shape index (κ1) is 14.7. The molecular weight excluding hydrogens is 228 g/mol. The average molecular weight is 248 g/mol. The Bertz CT molecular complexity index is 390. The molecule has 0 amide bonds. The van der Waals surface area contributed by atoms with Crippen LogP contribution in [0.5, 0.6) is 0 Å². The molecule has 1 N–H and O–H groups in total. The molecule has 0 aliphatic heterocycles. The summed E-state index contributed by atoms with van der Waals surface area (Å²) >= 11 is 0. The Hall–Kier alpha value is -1.34. The van der Waals surface area contributed by atoms with Gasteiger partial charge >= 0.3 is 0 Å². The summed E-state index contributed by atoms with van der Waals surface area (Å²) in [7, 11) is 0. The highest BCUT2D eigenvalue weighted by Crippen LogP contribution is 2.08. The van der Waals surface area contributed by atoms with Crippen molar-refractivity contribution < 1.29 is 14.6 Å². The molecule has 0 unspecified atom stereocenters. The van der Waals surface area contributed by atoms with Crippen LogP contribution in [-0.2, 0) is 16.1 Å². The normalized spacial score (nSPS) is 9.89. The van der Waals surface area contributed by atoms with Crippen LogP contribution in [0.1, 0.15) is 24.5 Å². The van der Waals surface area contributed by atoms with E-state index in [1.165, 1.54) is 0 Å². The van der Waals surface area contributed by atoms with E-state index in [1.807, 2.05) is 24.3 Å². The fourth-order valence-electron chi connectivity index (χ4n) is 1.45. The summed E-state index contributed by atoms with van der Waals surface area (Å²) in [5, 5.41) is 8.69. The van der Waals surface area contributed by atoms with Crippen molar-refractivity contribution in [3.63, 3.8) is 0 Å². The smallest absolute Gasteiger partial charge is 0.104 e. The number of benzene rings is 1. The number of aliphatic hydroxyl groups excluding tert-OH is 1. The van der Waals surface area contributed by atoms with Crippen LogP contribution in [0.25, 0.3) is 0 Å². The second-order valence-electron chi connectivity index (χ2n) is 3.78. The van der Waals surface area contributed by atoms with Crippen LogP contribution in [0.3, 0.4) is 0 Å². The van der Waals surface area contributed by atoms with Gasteiger partial charge in [0.25, 0.3) is 0 Å². The molecule has 0 spiro atoms. The van der Waals surface area contributed by atoms with Gasteiger partial charge in [0.15, 0.2) is 0 Å². The molecular formula is C15H20O3. The molecule has 18 heavy (non-hydrogen) atoms. The minimum atomic E-state index is -0.125. The minimum absolute atomic E-state index is 0.125. The summed E-state index contributed by atoms with van der Waals surface area (Å²) in [6.45, 7) is 4.46. The van der Waals surface area contributed by atoms with Gasteiger partial charge in [0.2, 0.25) is 0 Å². The van der Waals surface area contributed by atoms with Crippen molar-refractivity contribution >= 4 is 0 Å². The highest BCUT2D eigenvalue weighted by atomic mass is 16.5. The van der Waals surface area contributed by atoms with Crippen LogP contribution < -0.4 is 0 Å². The predicted molar refractivity (Wildman–Crippen MR) is 71.2 cm³/mol. The second kappa shape index (κ2) is 9.67. The van der Waals surface area contributed by atoms with Crippen molar-refractivity contribution in [1.29, 1.82) is 0 Å². The third-order valence-electron chi connectivity index (χ3n) is 2.30. The van der Waals surface area contributed by atoms with Crippen LogP contribution in [0.2, 0.25) is 0 Å². The maximum atomic E-state index is 8.69. The molecule has 0 fully saturated rings. The lowest BCUT2D eigenvalue weighted by Gasteiger charge is -2.06. The van der Waals surface area contributed by atoms with Gasteiger partial charge in [-0.3, -0.25) is 0 Å². The Morgan fingerprint density at radius 2 is 1.89 bits per heavy atom. The molecule has 0 saturated carbocycles. The maximum Gasteiger partial charge on any atom is 0.104 e. The van der Waals surface area contributed by atoms with Gasteiger partial charge in [-0.1, -0.05) is 37.0 Å².